The van der Waals surface area contributed by atoms with Crippen molar-refractivity contribution in [3.05, 3.63) is 82.6 Å². The van der Waals surface area contributed by atoms with Crippen molar-refractivity contribution in [1.82, 2.24) is 19.7 Å². The van der Waals surface area contributed by atoms with E-state index in [2.05, 4.69) is 20.5 Å². The molecule has 0 saturated heterocycles. The Morgan fingerprint density at radius 1 is 1.17 bits per heavy atom. The quantitative estimate of drug-likeness (QED) is 0.540. The molecular weight excluding hydrogens is 370 g/mol. The largest absolute Gasteiger partial charge is 0.490 e. The average molecular weight is 389 g/mol. The Bertz CT molecular complexity index is 1170. The van der Waals surface area contributed by atoms with Crippen LogP contribution in [0.25, 0.3) is 11.5 Å². The van der Waals surface area contributed by atoms with Crippen molar-refractivity contribution in [2.24, 2.45) is 0 Å². The molecule has 0 bridgehead atoms. The van der Waals surface area contributed by atoms with Gasteiger partial charge in [0.25, 0.3) is 0 Å². The van der Waals surface area contributed by atoms with Crippen molar-refractivity contribution in [2.45, 2.75) is 13.5 Å². The third kappa shape index (κ3) is 4.01. The zero-order valence-electron chi connectivity index (χ0n) is 16.0. The number of rotatable bonds is 6. The van der Waals surface area contributed by atoms with Gasteiger partial charge < -0.3 is 19.0 Å². The summed E-state index contributed by atoms with van der Waals surface area (Å²) in [6.07, 6.45) is 2.94. The lowest BCUT2D eigenvalue weighted by Crippen LogP contribution is -2.19. The molecule has 8 heteroatoms. The minimum absolute atomic E-state index is 0.183. The van der Waals surface area contributed by atoms with Crippen molar-refractivity contribution in [2.75, 3.05) is 12.4 Å². The number of anilines is 2. The second-order valence-corrected chi connectivity index (χ2v) is 6.45. The Hall–Kier alpha value is -3.94. The lowest BCUT2D eigenvalue weighted by molar-refractivity contribution is 0.402. The van der Waals surface area contributed by atoms with E-state index in [4.69, 9.17) is 9.15 Å². The molecule has 0 aliphatic heterocycles. The smallest absolute Gasteiger partial charge is 0.316 e. The molecule has 29 heavy (non-hydrogen) atoms. The average Bonchev–Trinajstić information content (AvgIpc) is 3.27. The molecule has 0 atom stereocenters. The molecule has 0 aliphatic carbocycles. The fourth-order valence-electron chi connectivity index (χ4n) is 2.92. The van der Waals surface area contributed by atoms with Crippen LogP contribution in [0.4, 0.5) is 11.6 Å². The predicted octanol–water partition coefficient (Wildman–Crippen LogP) is 3.40. The maximum atomic E-state index is 12.3. The van der Waals surface area contributed by atoms with E-state index < -0.39 is 5.56 Å². The third-order valence-corrected chi connectivity index (χ3v) is 4.47. The summed E-state index contributed by atoms with van der Waals surface area (Å²) in [7, 11) is 1.45. The van der Waals surface area contributed by atoms with Gasteiger partial charge in [-0.05, 0) is 30.2 Å². The number of nitrogens with one attached hydrogen (secondary N) is 1. The molecule has 8 nitrogen and oxygen atoms in total. The minimum atomic E-state index is -0.440. The molecular formula is C21H19N5O3. The molecule has 4 aromatic rings. The van der Waals surface area contributed by atoms with E-state index in [0.717, 1.165) is 22.4 Å². The van der Waals surface area contributed by atoms with Crippen LogP contribution in [0.15, 0.2) is 70.3 Å². The number of ether oxygens (including phenoxy) is 1. The molecule has 2 heterocycles. The zero-order chi connectivity index (χ0) is 20.2. The summed E-state index contributed by atoms with van der Waals surface area (Å²) in [5.74, 6) is 1.01. The summed E-state index contributed by atoms with van der Waals surface area (Å²) < 4.78 is 12.3. The molecule has 0 aliphatic rings. The van der Waals surface area contributed by atoms with E-state index in [1.165, 1.54) is 13.5 Å². The number of nitrogens with zero attached hydrogens (tertiary/aromatic N) is 4. The molecule has 0 fully saturated rings. The van der Waals surface area contributed by atoms with Gasteiger partial charge in [-0.15, -0.1) is 10.2 Å². The van der Waals surface area contributed by atoms with E-state index in [1.807, 2.05) is 60.0 Å². The summed E-state index contributed by atoms with van der Waals surface area (Å²) in [4.78, 5) is 16.5. The molecule has 0 radical (unpaired) electrons. The third-order valence-electron chi connectivity index (χ3n) is 4.47. The molecule has 0 amide bonds. The van der Waals surface area contributed by atoms with Gasteiger partial charge in [-0.3, -0.25) is 4.79 Å². The first-order valence-corrected chi connectivity index (χ1v) is 8.97. The molecule has 0 spiro atoms. The van der Waals surface area contributed by atoms with Crippen LogP contribution in [0, 0.1) is 6.92 Å². The van der Waals surface area contributed by atoms with Crippen LogP contribution in [0.5, 0.6) is 5.75 Å². The van der Waals surface area contributed by atoms with Crippen LogP contribution in [-0.2, 0) is 6.54 Å². The first kappa shape index (κ1) is 18.4. The van der Waals surface area contributed by atoms with Gasteiger partial charge in [0.1, 0.15) is 0 Å². The highest BCUT2D eigenvalue weighted by molar-refractivity contribution is 5.67. The van der Waals surface area contributed by atoms with Gasteiger partial charge in [0.15, 0.2) is 0 Å². The number of aromatic nitrogens is 4. The van der Waals surface area contributed by atoms with Crippen molar-refractivity contribution < 1.29 is 9.15 Å². The van der Waals surface area contributed by atoms with Crippen molar-refractivity contribution in [3.8, 4) is 17.2 Å². The maximum absolute atomic E-state index is 12.3. The summed E-state index contributed by atoms with van der Waals surface area (Å²) in [5.41, 5.74) is 3.15. The molecule has 2 aromatic heterocycles. The van der Waals surface area contributed by atoms with Crippen LogP contribution >= 0.6 is 0 Å². The molecule has 2 aromatic carbocycles. The molecule has 0 unspecified atom stereocenters. The summed E-state index contributed by atoms with van der Waals surface area (Å²) in [5, 5.41) is 10.9. The van der Waals surface area contributed by atoms with Gasteiger partial charge in [0, 0.05) is 11.3 Å². The monoisotopic (exact) mass is 389 g/mol. The Balaban J connectivity index is 1.74. The highest BCUT2D eigenvalue weighted by Gasteiger charge is 2.13. The number of methoxy groups -OCH3 is 1. The normalized spacial score (nSPS) is 10.7. The predicted molar refractivity (Wildman–Crippen MR) is 108 cm³/mol. The Morgan fingerprint density at radius 3 is 2.72 bits per heavy atom. The number of hydrogen-bond donors (Lipinski definition) is 1. The van der Waals surface area contributed by atoms with Gasteiger partial charge >= 0.3 is 5.56 Å². The van der Waals surface area contributed by atoms with E-state index >= 15 is 0 Å². The first-order valence-electron chi connectivity index (χ1n) is 8.97. The lowest BCUT2D eigenvalue weighted by atomic mass is 10.1. The maximum Gasteiger partial charge on any atom is 0.316 e. The second-order valence-electron chi connectivity index (χ2n) is 6.45. The van der Waals surface area contributed by atoms with Gasteiger partial charge in [-0.1, -0.05) is 36.4 Å². The summed E-state index contributed by atoms with van der Waals surface area (Å²) >= 11 is 0. The Kier molecular flexibility index (Phi) is 5.07. The standard InChI is InChI=1S/C21H19N5O3/c1-14-8-9-16(20-25-22-13-29-20)10-17(14)23-21-24-19(27)18(28-2)12-26(21)11-15-6-4-3-5-7-15/h3-10,12-13H,11H2,1-2H3,(H,23,24,27). The van der Waals surface area contributed by atoms with Gasteiger partial charge in [0.2, 0.25) is 24.0 Å². The highest BCUT2D eigenvalue weighted by atomic mass is 16.5. The van der Waals surface area contributed by atoms with E-state index in [9.17, 15) is 4.79 Å². The Morgan fingerprint density at radius 2 is 2.00 bits per heavy atom. The number of benzene rings is 2. The lowest BCUT2D eigenvalue weighted by Gasteiger charge is -2.16. The zero-order valence-corrected chi connectivity index (χ0v) is 16.0. The summed E-state index contributed by atoms with van der Waals surface area (Å²) in [6.45, 7) is 2.48. The van der Waals surface area contributed by atoms with Gasteiger partial charge in [-0.25, -0.2) is 0 Å². The van der Waals surface area contributed by atoms with Crippen molar-refractivity contribution in [3.63, 3.8) is 0 Å². The van der Waals surface area contributed by atoms with Gasteiger partial charge in [0.05, 0.1) is 19.9 Å². The molecule has 146 valence electrons. The first-order chi connectivity index (χ1) is 14.1. The highest BCUT2D eigenvalue weighted by Crippen LogP contribution is 2.26. The fourth-order valence-corrected chi connectivity index (χ4v) is 2.92. The van der Waals surface area contributed by atoms with Crippen LogP contribution < -0.4 is 15.6 Å². The summed E-state index contributed by atoms with van der Waals surface area (Å²) in [6, 6.07) is 15.6. The van der Waals surface area contributed by atoms with Crippen LogP contribution in [-0.4, -0.2) is 26.9 Å². The van der Waals surface area contributed by atoms with Crippen molar-refractivity contribution >= 4 is 11.6 Å². The molecule has 1 N–H and O–H groups in total. The van der Waals surface area contributed by atoms with E-state index in [1.54, 1.807) is 6.20 Å². The molecule has 0 saturated carbocycles. The minimum Gasteiger partial charge on any atom is -0.490 e. The van der Waals surface area contributed by atoms with Gasteiger partial charge in [-0.2, -0.15) is 4.98 Å². The van der Waals surface area contributed by atoms with E-state index in [-0.39, 0.29) is 5.75 Å². The second kappa shape index (κ2) is 7.97. The van der Waals surface area contributed by atoms with E-state index in [0.29, 0.717) is 18.4 Å². The van der Waals surface area contributed by atoms with Crippen LogP contribution in [0.3, 0.4) is 0 Å². The number of hydrogen-bond acceptors (Lipinski definition) is 7. The van der Waals surface area contributed by atoms with Crippen molar-refractivity contribution in [1.29, 1.82) is 0 Å². The molecule has 4 rings (SSSR count). The number of aryl methyl sites for hydroxylation is 1. The van der Waals surface area contributed by atoms with Crippen LogP contribution in [0.1, 0.15) is 11.1 Å². The van der Waals surface area contributed by atoms with Crippen LogP contribution in [0.2, 0.25) is 0 Å². The Labute approximate surface area is 166 Å². The SMILES string of the molecule is COc1cn(Cc2ccccc2)c(Nc2cc(-c3nnco3)ccc2C)nc1=O. The topological polar surface area (TPSA) is 95.1 Å². The fraction of sp³-hybridized carbons (Fsp3) is 0.143.